The Bertz CT molecular complexity index is 702. The van der Waals surface area contributed by atoms with E-state index in [4.69, 9.17) is 10.5 Å². The summed E-state index contributed by atoms with van der Waals surface area (Å²) in [6, 6.07) is 14.6. The van der Waals surface area contributed by atoms with Gasteiger partial charge in [0.15, 0.2) is 6.10 Å². The third-order valence-corrected chi connectivity index (χ3v) is 3.77. The highest BCUT2D eigenvalue weighted by Crippen LogP contribution is 2.32. The van der Waals surface area contributed by atoms with Gasteiger partial charge in [0.1, 0.15) is 17.3 Å². The number of benzene rings is 2. The Balaban J connectivity index is 0.00000144. The van der Waals surface area contributed by atoms with Gasteiger partial charge in [0.2, 0.25) is 0 Å². The number of aryl methyl sites for hydroxylation is 1. The van der Waals surface area contributed by atoms with Gasteiger partial charge in [-0.3, -0.25) is 0 Å². The summed E-state index contributed by atoms with van der Waals surface area (Å²) in [6.45, 7) is 5.63. The van der Waals surface area contributed by atoms with Gasteiger partial charge in [-0.1, -0.05) is 35.9 Å². The van der Waals surface area contributed by atoms with Crippen LogP contribution in [-0.4, -0.2) is 11.9 Å². The molecule has 1 aliphatic heterocycles. The van der Waals surface area contributed by atoms with E-state index < -0.39 is 0 Å². The van der Waals surface area contributed by atoms with Crippen molar-refractivity contribution in [2.45, 2.75) is 33.0 Å². The number of hydrogen-bond donors (Lipinski definition) is 2. The van der Waals surface area contributed by atoms with Crippen LogP contribution in [0.3, 0.4) is 0 Å². The molecule has 0 radical (unpaired) electrons. The summed E-state index contributed by atoms with van der Waals surface area (Å²) in [5.74, 6) is 1.32. The van der Waals surface area contributed by atoms with Crippen molar-refractivity contribution in [1.82, 2.24) is 5.32 Å². The second kappa shape index (κ2) is 8.92. The minimum Gasteiger partial charge on any atom is -0.481 e. The number of rotatable bonds is 4. The third-order valence-electron chi connectivity index (χ3n) is 3.77. The first-order valence-electron chi connectivity index (χ1n) is 7.52. The molecule has 1 unspecified atom stereocenters. The average Bonchev–Trinajstić information content (AvgIpc) is 2.51. The van der Waals surface area contributed by atoms with Crippen molar-refractivity contribution in [3.63, 3.8) is 0 Å². The molecule has 0 bridgehead atoms. The zero-order valence-corrected chi connectivity index (χ0v) is 15.4. The van der Waals surface area contributed by atoms with Gasteiger partial charge < -0.3 is 15.8 Å². The zero-order chi connectivity index (χ0) is 15.5. The van der Waals surface area contributed by atoms with Gasteiger partial charge in [-0.15, -0.1) is 24.8 Å². The molecule has 24 heavy (non-hydrogen) atoms. The number of fused-ring (bicyclic) bond motifs is 1. The maximum atomic E-state index is 5.84. The lowest BCUT2D eigenvalue weighted by Crippen LogP contribution is -2.33. The number of hydrogen-bond acceptors (Lipinski definition) is 4. The van der Waals surface area contributed by atoms with Crippen LogP contribution in [-0.2, 0) is 13.1 Å². The topological polar surface area (TPSA) is 59.6 Å². The SMILES string of the molecule is Cc1ccc(CNCc2ccc3c(c2)N=C(N)C(C)O3)cc1.Cl.Cl. The molecule has 3 rings (SSSR count). The normalized spacial score (nSPS) is 15.2. The molecular weight excluding hydrogens is 345 g/mol. The van der Waals surface area contributed by atoms with Gasteiger partial charge in [-0.2, -0.15) is 0 Å². The van der Waals surface area contributed by atoms with E-state index in [9.17, 15) is 0 Å². The molecule has 0 saturated heterocycles. The van der Waals surface area contributed by atoms with Crippen LogP contribution in [0.1, 0.15) is 23.6 Å². The van der Waals surface area contributed by atoms with Crippen molar-refractivity contribution in [3.05, 3.63) is 59.2 Å². The largest absolute Gasteiger partial charge is 0.481 e. The molecule has 0 aliphatic carbocycles. The minimum atomic E-state index is -0.155. The first-order chi connectivity index (χ1) is 10.6. The van der Waals surface area contributed by atoms with Gasteiger partial charge in [0.05, 0.1) is 0 Å². The Morgan fingerprint density at radius 3 is 2.38 bits per heavy atom. The van der Waals surface area contributed by atoms with Crippen LogP contribution >= 0.6 is 24.8 Å². The van der Waals surface area contributed by atoms with Gasteiger partial charge in [-0.25, -0.2) is 4.99 Å². The van der Waals surface area contributed by atoms with Crippen molar-refractivity contribution in [2.75, 3.05) is 0 Å². The van der Waals surface area contributed by atoms with Crippen LogP contribution in [0.2, 0.25) is 0 Å². The second-order valence-corrected chi connectivity index (χ2v) is 5.69. The number of amidine groups is 1. The first kappa shape index (κ1) is 20.3. The van der Waals surface area contributed by atoms with Gasteiger partial charge in [-0.05, 0) is 37.1 Å². The second-order valence-electron chi connectivity index (χ2n) is 5.69. The van der Waals surface area contributed by atoms with Crippen LogP contribution in [0.4, 0.5) is 5.69 Å². The van der Waals surface area contributed by atoms with E-state index >= 15 is 0 Å². The maximum absolute atomic E-state index is 5.84. The first-order valence-corrected chi connectivity index (χ1v) is 7.52. The molecule has 0 fully saturated rings. The molecule has 6 heteroatoms. The molecule has 0 aromatic heterocycles. The van der Waals surface area contributed by atoms with Gasteiger partial charge >= 0.3 is 0 Å². The molecule has 1 atom stereocenters. The number of aliphatic imine (C=N–C) groups is 1. The standard InChI is InChI=1S/C18H21N3O.2ClH/c1-12-3-5-14(6-4-12)10-20-11-15-7-8-17-16(9-15)21-18(19)13(2)22-17;;/h3-9,13,20H,10-11H2,1-2H3,(H2,19,21);2*1H. The van der Waals surface area contributed by atoms with E-state index in [1.54, 1.807) is 0 Å². The highest BCUT2D eigenvalue weighted by atomic mass is 35.5. The van der Waals surface area contributed by atoms with E-state index in [2.05, 4.69) is 47.6 Å². The zero-order valence-electron chi connectivity index (χ0n) is 13.8. The summed E-state index contributed by atoms with van der Waals surface area (Å²) in [7, 11) is 0. The smallest absolute Gasteiger partial charge is 0.153 e. The van der Waals surface area contributed by atoms with Crippen LogP contribution in [0.5, 0.6) is 5.75 Å². The highest BCUT2D eigenvalue weighted by molar-refractivity contribution is 5.89. The third kappa shape index (κ3) is 4.87. The predicted octanol–water partition coefficient (Wildman–Crippen LogP) is 3.90. The molecular formula is C18H23Cl2N3O. The molecule has 1 aliphatic rings. The van der Waals surface area contributed by atoms with Crippen LogP contribution in [0.15, 0.2) is 47.5 Å². The van der Waals surface area contributed by atoms with Crippen molar-refractivity contribution in [1.29, 1.82) is 0 Å². The monoisotopic (exact) mass is 367 g/mol. The summed E-state index contributed by atoms with van der Waals surface area (Å²) >= 11 is 0. The van der Waals surface area contributed by atoms with E-state index in [0.29, 0.717) is 5.84 Å². The van der Waals surface area contributed by atoms with E-state index in [1.807, 2.05) is 19.1 Å². The molecule has 0 saturated carbocycles. The summed E-state index contributed by atoms with van der Waals surface area (Å²) < 4.78 is 5.71. The van der Waals surface area contributed by atoms with Crippen molar-refractivity contribution in [3.8, 4) is 5.75 Å². The molecule has 2 aromatic rings. The Labute approximate surface area is 155 Å². The average molecular weight is 368 g/mol. The quantitative estimate of drug-likeness (QED) is 0.861. The molecule has 2 aromatic carbocycles. The number of nitrogens with one attached hydrogen (secondary N) is 1. The van der Waals surface area contributed by atoms with Gasteiger partial charge in [0.25, 0.3) is 0 Å². The van der Waals surface area contributed by atoms with E-state index in [-0.39, 0.29) is 30.9 Å². The van der Waals surface area contributed by atoms with E-state index in [1.165, 1.54) is 16.7 Å². The summed E-state index contributed by atoms with van der Waals surface area (Å²) in [6.07, 6.45) is -0.155. The van der Waals surface area contributed by atoms with Crippen LogP contribution < -0.4 is 15.8 Å². The lowest BCUT2D eigenvalue weighted by atomic mass is 10.1. The molecule has 0 spiro atoms. The van der Waals surface area contributed by atoms with Crippen molar-refractivity contribution in [2.24, 2.45) is 10.7 Å². The van der Waals surface area contributed by atoms with Crippen molar-refractivity contribution >= 4 is 36.3 Å². The molecule has 3 N–H and O–H groups in total. The molecule has 4 nitrogen and oxygen atoms in total. The summed E-state index contributed by atoms with van der Waals surface area (Å²) in [4.78, 5) is 4.41. The number of halogens is 2. The Morgan fingerprint density at radius 2 is 1.67 bits per heavy atom. The Hall–Kier alpha value is -1.75. The highest BCUT2D eigenvalue weighted by Gasteiger charge is 2.17. The fraction of sp³-hybridized carbons (Fsp3) is 0.278. The fourth-order valence-electron chi connectivity index (χ4n) is 2.40. The van der Waals surface area contributed by atoms with E-state index in [0.717, 1.165) is 24.5 Å². The number of ether oxygens (including phenoxy) is 1. The fourth-order valence-corrected chi connectivity index (χ4v) is 2.40. The summed E-state index contributed by atoms with van der Waals surface area (Å²) in [5, 5.41) is 3.44. The molecule has 130 valence electrons. The Morgan fingerprint density at radius 1 is 1.04 bits per heavy atom. The molecule has 1 heterocycles. The number of nitrogens with zero attached hydrogens (tertiary/aromatic N) is 1. The van der Waals surface area contributed by atoms with Crippen LogP contribution in [0.25, 0.3) is 0 Å². The Kier molecular flexibility index (Phi) is 7.55. The predicted molar refractivity (Wildman–Crippen MR) is 104 cm³/mol. The van der Waals surface area contributed by atoms with Crippen molar-refractivity contribution < 1.29 is 4.74 Å². The van der Waals surface area contributed by atoms with Crippen LogP contribution in [0, 0.1) is 6.92 Å². The number of nitrogens with two attached hydrogens (primary N) is 1. The molecule has 0 amide bonds. The lowest BCUT2D eigenvalue weighted by Gasteiger charge is -2.21. The lowest BCUT2D eigenvalue weighted by molar-refractivity contribution is 0.281. The maximum Gasteiger partial charge on any atom is 0.153 e. The minimum absolute atomic E-state index is 0. The van der Waals surface area contributed by atoms with Gasteiger partial charge in [0, 0.05) is 13.1 Å². The summed E-state index contributed by atoms with van der Waals surface area (Å²) in [5.41, 5.74) is 10.4.